The third kappa shape index (κ3) is 5.07. The summed E-state index contributed by atoms with van der Waals surface area (Å²) in [5.74, 6) is 0.996. The first-order chi connectivity index (χ1) is 13.5. The number of hydrogen-bond acceptors (Lipinski definition) is 5. The van der Waals surface area contributed by atoms with Crippen molar-refractivity contribution in [1.29, 1.82) is 0 Å². The lowest BCUT2D eigenvalue weighted by atomic mass is 10.1. The number of para-hydroxylation sites is 1. The van der Waals surface area contributed by atoms with Gasteiger partial charge in [0.05, 0.1) is 7.11 Å². The van der Waals surface area contributed by atoms with E-state index in [0.717, 1.165) is 28.3 Å². The van der Waals surface area contributed by atoms with E-state index in [0.29, 0.717) is 24.6 Å². The van der Waals surface area contributed by atoms with Gasteiger partial charge >= 0.3 is 0 Å². The third-order valence-electron chi connectivity index (χ3n) is 4.31. The van der Waals surface area contributed by atoms with E-state index >= 15 is 0 Å². The van der Waals surface area contributed by atoms with Crippen molar-refractivity contribution in [3.05, 3.63) is 77.1 Å². The summed E-state index contributed by atoms with van der Waals surface area (Å²) < 4.78 is 5.22. The number of benzene rings is 2. The number of nitrogens with zero attached hydrogens (tertiary/aromatic N) is 2. The second-order valence-corrected chi connectivity index (χ2v) is 6.52. The number of carbonyl (C=O) groups is 1. The molecule has 3 rings (SSSR count). The first kappa shape index (κ1) is 19.4. The van der Waals surface area contributed by atoms with Crippen LogP contribution < -0.4 is 15.4 Å². The predicted molar refractivity (Wildman–Crippen MR) is 110 cm³/mol. The Labute approximate surface area is 165 Å². The van der Waals surface area contributed by atoms with Crippen LogP contribution in [-0.4, -0.2) is 29.5 Å². The first-order valence-electron chi connectivity index (χ1n) is 9.14. The summed E-state index contributed by atoms with van der Waals surface area (Å²) in [6.45, 7) is 4.36. The van der Waals surface area contributed by atoms with Gasteiger partial charge in [0, 0.05) is 17.9 Å². The van der Waals surface area contributed by atoms with Gasteiger partial charge in [-0.3, -0.25) is 4.79 Å². The highest BCUT2D eigenvalue weighted by Crippen LogP contribution is 2.18. The number of hydrogen-bond donors (Lipinski definition) is 2. The number of anilines is 2. The number of carbonyl (C=O) groups excluding carboxylic acids is 1. The van der Waals surface area contributed by atoms with Gasteiger partial charge in [-0.15, -0.1) is 0 Å². The lowest BCUT2D eigenvalue weighted by molar-refractivity contribution is 0.0949. The van der Waals surface area contributed by atoms with Crippen molar-refractivity contribution in [1.82, 2.24) is 15.3 Å². The summed E-state index contributed by atoms with van der Waals surface area (Å²) in [4.78, 5) is 21.3. The van der Waals surface area contributed by atoms with Crippen LogP contribution in [0.2, 0.25) is 0 Å². The van der Waals surface area contributed by atoms with Crippen molar-refractivity contribution in [2.45, 2.75) is 20.3 Å². The Kier molecular flexibility index (Phi) is 6.22. The van der Waals surface area contributed by atoms with E-state index in [2.05, 4.69) is 20.6 Å². The molecule has 3 aromatic rings. The molecular weight excluding hydrogens is 352 g/mol. The average Bonchev–Trinajstić information content (AvgIpc) is 2.69. The number of aryl methyl sites for hydroxylation is 2. The van der Waals surface area contributed by atoms with E-state index in [1.54, 1.807) is 13.2 Å². The molecule has 0 aliphatic heterocycles. The number of methoxy groups -OCH3 is 1. The van der Waals surface area contributed by atoms with E-state index in [1.165, 1.54) is 0 Å². The fourth-order valence-electron chi connectivity index (χ4n) is 2.81. The van der Waals surface area contributed by atoms with Gasteiger partial charge < -0.3 is 15.4 Å². The lowest BCUT2D eigenvalue weighted by Gasteiger charge is -2.10. The highest BCUT2D eigenvalue weighted by Gasteiger charge is 2.11. The van der Waals surface area contributed by atoms with Crippen LogP contribution in [0.5, 0.6) is 5.75 Å². The van der Waals surface area contributed by atoms with Gasteiger partial charge in [0.1, 0.15) is 11.4 Å². The molecule has 0 saturated carbocycles. The summed E-state index contributed by atoms with van der Waals surface area (Å²) in [6, 6.07) is 17.4. The van der Waals surface area contributed by atoms with Crippen molar-refractivity contribution < 1.29 is 9.53 Å². The van der Waals surface area contributed by atoms with Crippen LogP contribution in [0.25, 0.3) is 0 Å². The standard InChI is InChI=1S/C22H24N4O2/c1-15-7-4-5-10-19(15)25-22-24-16(2)13-20(26-22)21(27)23-12-11-17-8-6-9-18(14-17)28-3/h4-10,13-14H,11-12H2,1-3H3,(H,23,27)(H,24,25,26). The van der Waals surface area contributed by atoms with E-state index in [1.807, 2.05) is 62.4 Å². The Bertz CT molecular complexity index is 972. The first-order valence-corrected chi connectivity index (χ1v) is 9.14. The largest absolute Gasteiger partial charge is 0.497 e. The van der Waals surface area contributed by atoms with Crippen LogP contribution in [-0.2, 0) is 6.42 Å². The summed E-state index contributed by atoms with van der Waals surface area (Å²) in [5.41, 5.74) is 4.16. The van der Waals surface area contributed by atoms with Gasteiger partial charge in [0.15, 0.2) is 0 Å². The maximum absolute atomic E-state index is 12.5. The fraction of sp³-hybridized carbons (Fsp3) is 0.227. The van der Waals surface area contributed by atoms with Gasteiger partial charge in [-0.25, -0.2) is 9.97 Å². The molecule has 0 radical (unpaired) electrons. The lowest BCUT2D eigenvalue weighted by Crippen LogP contribution is -2.27. The highest BCUT2D eigenvalue weighted by molar-refractivity contribution is 5.92. The SMILES string of the molecule is COc1cccc(CCNC(=O)c2cc(C)nc(Nc3ccccc3C)n2)c1. The molecule has 0 bridgehead atoms. The van der Waals surface area contributed by atoms with Crippen molar-refractivity contribution >= 4 is 17.5 Å². The molecule has 0 atom stereocenters. The zero-order valence-electron chi connectivity index (χ0n) is 16.3. The Hall–Kier alpha value is -3.41. The molecule has 0 fully saturated rings. The molecule has 144 valence electrons. The minimum atomic E-state index is -0.221. The van der Waals surface area contributed by atoms with Crippen molar-refractivity contribution in [2.24, 2.45) is 0 Å². The van der Waals surface area contributed by atoms with Crippen LogP contribution >= 0.6 is 0 Å². The van der Waals surface area contributed by atoms with Gasteiger partial charge in [0.25, 0.3) is 5.91 Å². The van der Waals surface area contributed by atoms with Crippen LogP contribution in [0.3, 0.4) is 0 Å². The van der Waals surface area contributed by atoms with Crippen LogP contribution in [0.4, 0.5) is 11.6 Å². The minimum absolute atomic E-state index is 0.221. The molecule has 6 nitrogen and oxygen atoms in total. The fourth-order valence-corrected chi connectivity index (χ4v) is 2.81. The van der Waals surface area contributed by atoms with Crippen LogP contribution in [0.15, 0.2) is 54.6 Å². The van der Waals surface area contributed by atoms with Crippen LogP contribution in [0, 0.1) is 13.8 Å². The Morgan fingerprint density at radius 3 is 2.64 bits per heavy atom. The molecule has 0 aliphatic carbocycles. The van der Waals surface area contributed by atoms with Gasteiger partial charge in [-0.1, -0.05) is 30.3 Å². The van der Waals surface area contributed by atoms with E-state index in [9.17, 15) is 4.79 Å². The second kappa shape index (κ2) is 8.99. The highest BCUT2D eigenvalue weighted by atomic mass is 16.5. The quantitative estimate of drug-likeness (QED) is 0.656. The van der Waals surface area contributed by atoms with Crippen molar-refractivity contribution in [2.75, 3.05) is 19.0 Å². The van der Waals surface area contributed by atoms with Gasteiger partial charge in [-0.2, -0.15) is 0 Å². The number of aromatic nitrogens is 2. The Morgan fingerprint density at radius 1 is 1.04 bits per heavy atom. The zero-order valence-corrected chi connectivity index (χ0v) is 16.3. The smallest absolute Gasteiger partial charge is 0.270 e. The molecule has 0 unspecified atom stereocenters. The Balaban J connectivity index is 1.64. The van der Waals surface area contributed by atoms with Crippen LogP contribution in [0.1, 0.15) is 27.3 Å². The number of nitrogens with one attached hydrogen (secondary N) is 2. The minimum Gasteiger partial charge on any atom is -0.497 e. The molecule has 0 spiro atoms. The molecule has 28 heavy (non-hydrogen) atoms. The second-order valence-electron chi connectivity index (χ2n) is 6.52. The molecule has 1 aromatic heterocycles. The molecule has 0 saturated heterocycles. The summed E-state index contributed by atoms with van der Waals surface area (Å²) >= 11 is 0. The average molecular weight is 376 g/mol. The molecular formula is C22H24N4O2. The Morgan fingerprint density at radius 2 is 1.86 bits per heavy atom. The summed E-state index contributed by atoms with van der Waals surface area (Å²) in [7, 11) is 1.64. The molecule has 0 aliphatic rings. The van der Waals surface area contributed by atoms with Crippen molar-refractivity contribution in [3.8, 4) is 5.75 Å². The number of ether oxygens (including phenoxy) is 1. The maximum Gasteiger partial charge on any atom is 0.270 e. The topological polar surface area (TPSA) is 76.1 Å². The molecule has 1 amide bonds. The normalized spacial score (nSPS) is 10.4. The van der Waals surface area contributed by atoms with Gasteiger partial charge in [0.2, 0.25) is 5.95 Å². The zero-order chi connectivity index (χ0) is 19.9. The summed E-state index contributed by atoms with van der Waals surface area (Å²) in [5, 5.41) is 6.10. The van der Waals surface area contributed by atoms with E-state index < -0.39 is 0 Å². The monoisotopic (exact) mass is 376 g/mol. The predicted octanol–water partition coefficient (Wildman–Crippen LogP) is 3.82. The molecule has 6 heteroatoms. The maximum atomic E-state index is 12.5. The molecule has 1 heterocycles. The van der Waals surface area contributed by atoms with Crippen molar-refractivity contribution in [3.63, 3.8) is 0 Å². The number of amides is 1. The molecule has 2 N–H and O–H groups in total. The molecule has 2 aromatic carbocycles. The van der Waals surface area contributed by atoms with E-state index in [-0.39, 0.29) is 5.91 Å². The van der Waals surface area contributed by atoms with Gasteiger partial charge in [-0.05, 0) is 55.7 Å². The summed E-state index contributed by atoms with van der Waals surface area (Å²) in [6.07, 6.45) is 0.710. The third-order valence-corrected chi connectivity index (χ3v) is 4.31. The van der Waals surface area contributed by atoms with E-state index in [4.69, 9.17) is 4.74 Å². The number of rotatable bonds is 7.